The van der Waals surface area contributed by atoms with Gasteiger partial charge in [0.15, 0.2) is 0 Å². The molecule has 6 heteroatoms. The monoisotopic (exact) mass is 378 g/mol. The van der Waals surface area contributed by atoms with E-state index >= 15 is 0 Å². The molecule has 3 aromatic rings. The second kappa shape index (κ2) is 6.45. The van der Waals surface area contributed by atoms with Gasteiger partial charge in [-0.1, -0.05) is 66.2 Å². The van der Waals surface area contributed by atoms with Gasteiger partial charge >= 0.3 is 5.97 Å². The lowest BCUT2D eigenvalue weighted by Gasteiger charge is -2.45. The molecule has 27 heavy (non-hydrogen) atoms. The van der Waals surface area contributed by atoms with Crippen molar-refractivity contribution in [2.75, 3.05) is 10.2 Å². The van der Waals surface area contributed by atoms with E-state index in [0.717, 1.165) is 0 Å². The minimum atomic E-state index is -1.84. The summed E-state index contributed by atoms with van der Waals surface area (Å²) in [7, 11) is 0. The third-order valence-corrected chi connectivity index (χ3v) is 4.93. The third-order valence-electron chi connectivity index (χ3n) is 4.61. The first-order chi connectivity index (χ1) is 13.1. The molecule has 0 saturated heterocycles. The van der Waals surface area contributed by atoms with Crippen molar-refractivity contribution in [1.29, 1.82) is 0 Å². The van der Waals surface area contributed by atoms with Crippen LogP contribution in [-0.2, 0) is 10.5 Å². The number of halogens is 1. The Labute approximate surface area is 160 Å². The van der Waals surface area contributed by atoms with Gasteiger partial charge in [0.25, 0.3) is 5.91 Å². The van der Waals surface area contributed by atoms with E-state index in [0.29, 0.717) is 22.5 Å². The van der Waals surface area contributed by atoms with E-state index in [-0.39, 0.29) is 5.02 Å². The smallest absolute Gasteiger partial charge is 0.356 e. The molecule has 5 nitrogen and oxygen atoms in total. The number of hydrogen-bond acceptors (Lipinski definition) is 3. The van der Waals surface area contributed by atoms with E-state index in [2.05, 4.69) is 5.32 Å². The van der Waals surface area contributed by atoms with E-state index in [1.165, 1.54) is 4.90 Å². The number of carboxylic acid groups (broad SMARTS) is 1. The normalized spacial score (nSPS) is 18.6. The molecule has 0 saturated carbocycles. The Kier molecular flexibility index (Phi) is 4.09. The van der Waals surface area contributed by atoms with E-state index < -0.39 is 17.5 Å². The number of rotatable bonds is 3. The first-order valence-corrected chi connectivity index (χ1v) is 8.69. The molecule has 0 radical (unpaired) electrons. The molecule has 2 N–H and O–H groups in total. The highest BCUT2D eigenvalue weighted by molar-refractivity contribution is 6.34. The van der Waals surface area contributed by atoms with Gasteiger partial charge in [-0.05, 0) is 24.3 Å². The minimum absolute atomic E-state index is 0.286. The molecule has 1 aliphatic rings. The maximum Gasteiger partial charge on any atom is 0.356 e. The van der Waals surface area contributed by atoms with Crippen molar-refractivity contribution >= 4 is 34.9 Å². The summed E-state index contributed by atoms with van der Waals surface area (Å²) in [6, 6.07) is 22.1. The predicted molar refractivity (Wildman–Crippen MR) is 104 cm³/mol. The second-order valence-corrected chi connectivity index (χ2v) is 6.55. The summed E-state index contributed by atoms with van der Waals surface area (Å²) < 4.78 is 0. The Bertz CT molecular complexity index is 1040. The van der Waals surface area contributed by atoms with Crippen LogP contribution in [0, 0.1) is 0 Å². The predicted octanol–water partition coefficient (Wildman–Crippen LogP) is 4.35. The van der Waals surface area contributed by atoms with E-state index in [4.69, 9.17) is 11.6 Å². The Morgan fingerprint density at radius 3 is 2.26 bits per heavy atom. The first kappa shape index (κ1) is 17.1. The van der Waals surface area contributed by atoms with Crippen LogP contribution in [-0.4, -0.2) is 17.0 Å². The number of para-hydroxylation sites is 2. The molecule has 1 heterocycles. The number of nitrogens with one attached hydrogen (secondary N) is 1. The zero-order valence-corrected chi connectivity index (χ0v) is 14.9. The van der Waals surface area contributed by atoms with Gasteiger partial charge in [0.1, 0.15) is 0 Å². The number of anilines is 2. The number of fused-ring (bicyclic) bond motifs is 1. The molecule has 0 aromatic heterocycles. The lowest BCUT2D eigenvalue weighted by molar-refractivity contribution is -0.142. The Balaban J connectivity index is 2.06. The molecule has 4 rings (SSSR count). The van der Waals surface area contributed by atoms with Gasteiger partial charge < -0.3 is 10.4 Å². The highest BCUT2D eigenvalue weighted by Gasteiger charge is 2.53. The van der Waals surface area contributed by atoms with Crippen LogP contribution in [0.15, 0.2) is 78.9 Å². The standard InChI is InChI=1S/C21H15ClN2O3/c22-16-11-5-7-13-18(16)24-19(25)15-10-4-6-12-17(15)23-21(24,20(26)27)14-8-2-1-3-9-14/h1-13,23H,(H,26,27). The van der Waals surface area contributed by atoms with Crippen LogP contribution in [0.4, 0.5) is 11.4 Å². The summed E-state index contributed by atoms with van der Waals surface area (Å²) in [5.41, 5.74) is -0.266. The lowest BCUT2D eigenvalue weighted by atomic mass is 9.91. The van der Waals surface area contributed by atoms with E-state index in [1.54, 1.807) is 78.9 Å². The number of carbonyl (C=O) groups excluding carboxylic acids is 1. The number of hydrogen-bond donors (Lipinski definition) is 2. The number of benzene rings is 3. The molecule has 1 unspecified atom stereocenters. The molecule has 134 valence electrons. The number of carboxylic acids is 1. The molecule has 0 bridgehead atoms. The van der Waals surface area contributed by atoms with Crippen molar-refractivity contribution in [1.82, 2.24) is 0 Å². The summed E-state index contributed by atoms with van der Waals surface area (Å²) in [6.45, 7) is 0. The summed E-state index contributed by atoms with van der Waals surface area (Å²) >= 11 is 6.35. The number of aliphatic carboxylic acids is 1. The zero-order chi connectivity index (χ0) is 19.0. The molecule has 1 atom stereocenters. The van der Waals surface area contributed by atoms with Crippen LogP contribution in [0.2, 0.25) is 5.02 Å². The van der Waals surface area contributed by atoms with Crippen LogP contribution < -0.4 is 10.2 Å². The van der Waals surface area contributed by atoms with Gasteiger partial charge in [0.2, 0.25) is 5.66 Å². The molecular formula is C21H15ClN2O3. The fourth-order valence-corrected chi connectivity index (χ4v) is 3.60. The Morgan fingerprint density at radius 1 is 0.926 bits per heavy atom. The SMILES string of the molecule is O=C1c2ccccc2NC(C(=O)O)(c2ccccc2)N1c1ccccc1Cl. The summed E-state index contributed by atoms with van der Waals surface area (Å²) in [4.78, 5) is 27.3. The summed E-state index contributed by atoms with van der Waals surface area (Å²) in [5.74, 6) is -1.65. The fourth-order valence-electron chi connectivity index (χ4n) is 3.38. The molecule has 1 amide bonds. The zero-order valence-electron chi connectivity index (χ0n) is 14.1. The van der Waals surface area contributed by atoms with Crippen LogP contribution in [0.1, 0.15) is 15.9 Å². The fraction of sp³-hybridized carbons (Fsp3) is 0.0476. The van der Waals surface area contributed by atoms with E-state index in [9.17, 15) is 14.7 Å². The van der Waals surface area contributed by atoms with Crippen molar-refractivity contribution in [2.24, 2.45) is 0 Å². The molecule has 0 fully saturated rings. The Morgan fingerprint density at radius 2 is 1.56 bits per heavy atom. The highest BCUT2D eigenvalue weighted by atomic mass is 35.5. The largest absolute Gasteiger partial charge is 0.478 e. The summed E-state index contributed by atoms with van der Waals surface area (Å²) in [5, 5.41) is 13.7. The van der Waals surface area contributed by atoms with Gasteiger partial charge in [-0.25, -0.2) is 4.79 Å². The van der Waals surface area contributed by atoms with Crippen LogP contribution in [0.25, 0.3) is 0 Å². The van der Waals surface area contributed by atoms with Crippen molar-refractivity contribution < 1.29 is 14.7 Å². The second-order valence-electron chi connectivity index (χ2n) is 6.14. The maximum atomic E-state index is 13.4. The first-order valence-electron chi connectivity index (χ1n) is 8.31. The number of nitrogens with zero attached hydrogens (tertiary/aromatic N) is 1. The molecule has 0 spiro atoms. The average molecular weight is 379 g/mol. The van der Waals surface area contributed by atoms with Gasteiger partial charge in [-0.2, -0.15) is 0 Å². The molecular weight excluding hydrogens is 364 g/mol. The quantitative estimate of drug-likeness (QED) is 0.710. The third kappa shape index (κ3) is 2.55. The van der Waals surface area contributed by atoms with Gasteiger partial charge in [0.05, 0.1) is 16.3 Å². The lowest BCUT2D eigenvalue weighted by Crippen LogP contribution is -2.62. The Hall–Kier alpha value is -3.31. The van der Waals surface area contributed by atoms with Crippen molar-refractivity contribution in [3.05, 3.63) is 95.0 Å². The number of amides is 1. The van der Waals surface area contributed by atoms with Crippen molar-refractivity contribution in [3.8, 4) is 0 Å². The van der Waals surface area contributed by atoms with Crippen molar-refractivity contribution in [3.63, 3.8) is 0 Å². The minimum Gasteiger partial charge on any atom is -0.478 e. The van der Waals surface area contributed by atoms with Gasteiger partial charge in [-0.15, -0.1) is 0 Å². The highest BCUT2D eigenvalue weighted by Crippen LogP contribution is 2.43. The average Bonchev–Trinajstić information content (AvgIpc) is 2.69. The van der Waals surface area contributed by atoms with Crippen molar-refractivity contribution in [2.45, 2.75) is 5.66 Å². The summed E-state index contributed by atoms with van der Waals surface area (Å²) in [6.07, 6.45) is 0. The molecule has 0 aliphatic carbocycles. The van der Waals surface area contributed by atoms with Gasteiger partial charge in [0, 0.05) is 11.3 Å². The van der Waals surface area contributed by atoms with Crippen LogP contribution >= 0.6 is 11.6 Å². The molecule has 1 aliphatic heterocycles. The van der Waals surface area contributed by atoms with Gasteiger partial charge in [-0.3, -0.25) is 9.69 Å². The molecule has 3 aromatic carbocycles. The van der Waals surface area contributed by atoms with E-state index in [1.807, 2.05) is 0 Å². The topological polar surface area (TPSA) is 69.6 Å². The van der Waals surface area contributed by atoms with Crippen LogP contribution in [0.3, 0.4) is 0 Å². The number of carbonyl (C=O) groups is 2. The van der Waals surface area contributed by atoms with Crippen LogP contribution in [0.5, 0.6) is 0 Å². The maximum absolute atomic E-state index is 13.4.